The van der Waals surface area contributed by atoms with Gasteiger partial charge in [0, 0.05) is 6.04 Å². The van der Waals surface area contributed by atoms with E-state index in [2.05, 4.69) is 84.6 Å². The summed E-state index contributed by atoms with van der Waals surface area (Å²) < 4.78 is 0. The summed E-state index contributed by atoms with van der Waals surface area (Å²) in [6, 6.07) is 0.124. The van der Waals surface area contributed by atoms with Gasteiger partial charge in [-0.25, -0.2) is 0 Å². The third kappa shape index (κ3) is 15.0. The summed E-state index contributed by atoms with van der Waals surface area (Å²) in [5.41, 5.74) is 10.0. The summed E-state index contributed by atoms with van der Waals surface area (Å²) in [5, 5.41) is 0. The molecule has 0 spiro atoms. The highest BCUT2D eigenvalue weighted by molar-refractivity contribution is 5.18. The summed E-state index contributed by atoms with van der Waals surface area (Å²) in [6.45, 7) is 20.4. The lowest BCUT2D eigenvalue weighted by molar-refractivity contribution is 0.263. The Balaban J connectivity index is 2.25. The van der Waals surface area contributed by atoms with E-state index in [0.717, 1.165) is 24.7 Å². The molecule has 1 heteroatoms. The van der Waals surface area contributed by atoms with Gasteiger partial charge in [0.1, 0.15) is 0 Å². The summed E-state index contributed by atoms with van der Waals surface area (Å²) >= 11 is 0. The monoisotopic (exact) mass is 495 g/mol. The van der Waals surface area contributed by atoms with Crippen molar-refractivity contribution in [1.82, 2.24) is 0 Å². The Morgan fingerprint density at radius 2 is 1.67 bits per heavy atom. The molecule has 6 atom stereocenters. The predicted molar refractivity (Wildman–Crippen MR) is 164 cm³/mol. The first-order chi connectivity index (χ1) is 17.1. The van der Waals surface area contributed by atoms with E-state index >= 15 is 0 Å². The highest BCUT2D eigenvalue weighted by atomic mass is 14.6. The Morgan fingerprint density at radius 3 is 2.36 bits per heavy atom. The standard InChI is InChI=1S/C35H61N/c1-27(18-13-12-16-22-35-23-17-19-28(2)25-35)24-31(5)33(7)26-32(6)29(3)20-14-10-9-11-15-21-30(4)34(8)36/h9-11,15,21,24,27-29,33-35H,6,12-14,16-20,22-23,25-26,36H2,1-5,7-8H3/b10-9+,15-11+,30-21+,31-24+/t27-,28?,29?,33?,34?,35?/m0/s1. The lowest BCUT2D eigenvalue weighted by Gasteiger charge is -2.26. The third-order valence-electron chi connectivity index (χ3n) is 8.61. The van der Waals surface area contributed by atoms with Gasteiger partial charge in [0.05, 0.1) is 0 Å². The second kappa shape index (κ2) is 18.8. The Hall–Kier alpha value is -1.34. The molecular formula is C35H61N. The van der Waals surface area contributed by atoms with Crippen LogP contribution in [0.4, 0.5) is 0 Å². The van der Waals surface area contributed by atoms with E-state index in [1.54, 1.807) is 5.57 Å². The van der Waals surface area contributed by atoms with Crippen molar-refractivity contribution in [1.29, 1.82) is 0 Å². The first kappa shape index (κ1) is 32.7. The zero-order valence-electron chi connectivity index (χ0n) is 25.2. The topological polar surface area (TPSA) is 26.0 Å². The molecule has 0 heterocycles. The minimum Gasteiger partial charge on any atom is -0.324 e. The van der Waals surface area contributed by atoms with Crippen molar-refractivity contribution in [3.63, 3.8) is 0 Å². The molecule has 5 unspecified atom stereocenters. The molecule has 1 fully saturated rings. The number of hydrogen-bond donors (Lipinski definition) is 1. The van der Waals surface area contributed by atoms with Gasteiger partial charge in [-0.05, 0) is 82.5 Å². The average molecular weight is 496 g/mol. The van der Waals surface area contributed by atoms with E-state index in [4.69, 9.17) is 5.73 Å². The summed E-state index contributed by atoms with van der Waals surface area (Å²) in [6.07, 6.45) is 29.6. The number of allylic oxidation sites excluding steroid dienone is 8. The second-order valence-corrected chi connectivity index (χ2v) is 12.4. The largest absolute Gasteiger partial charge is 0.324 e. The molecule has 0 saturated heterocycles. The van der Waals surface area contributed by atoms with Crippen molar-refractivity contribution in [2.75, 3.05) is 0 Å². The van der Waals surface area contributed by atoms with Crippen LogP contribution >= 0.6 is 0 Å². The molecule has 1 saturated carbocycles. The van der Waals surface area contributed by atoms with Gasteiger partial charge < -0.3 is 5.73 Å². The van der Waals surface area contributed by atoms with E-state index in [1.807, 2.05) is 6.92 Å². The molecule has 1 rings (SSSR count). The SMILES string of the molecule is C=C(CC(C)/C(C)=C/[C@@H](C)CCCCCC1CCCC(C)C1)C(C)CC/C=C/C=C/C=C(\C)C(C)N. The quantitative estimate of drug-likeness (QED) is 0.121. The van der Waals surface area contributed by atoms with Crippen LogP contribution in [0.1, 0.15) is 126 Å². The van der Waals surface area contributed by atoms with Crippen molar-refractivity contribution in [3.05, 3.63) is 59.8 Å². The van der Waals surface area contributed by atoms with Crippen LogP contribution in [0, 0.1) is 29.6 Å². The number of rotatable bonds is 17. The van der Waals surface area contributed by atoms with Crippen molar-refractivity contribution in [3.8, 4) is 0 Å². The van der Waals surface area contributed by atoms with Gasteiger partial charge in [0.15, 0.2) is 0 Å². The molecule has 1 nitrogen and oxygen atoms in total. The van der Waals surface area contributed by atoms with Gasteiger partial charge in [-0.15, -0.1) is 0 Å². The third-order valence-corrected chi connectivity index (χ3v) is 8.61. The number of unbranched alkanes of at least 4 members (excludes halogenated alkanes) is 2. The van der Waals surface area contributed by atoms with Crippen LogP contribution in [0.15, 0.2) is 59.8 Å². The molecule has 1 aliphatic rings. The fraction of sp³-hybridized carbons (Fsp3) is 0.714. The Kier molecular flexibility index (Phi) is 17.1. The second-order valence-electron chi connectivity index (χ2n) is 12.4. The highest BCUT2D eigenvalue weighted by Gasteiger charge is 2.18. The summed E-state index contributed by atoms with van der Waals surface area (Å²) in [4.78, 5) is 0. The lowest BCUT2D eigenvalue weighted by Crippen LogP contribution is -2.15. The molecular weight excluding hydrogens is 434 g/mol. The molecule has 0 aromatic rings. The minimum atomic E-state index is 0.124. The summed E-state index contributed by atoms with van der Waals surface area (Å²) in [7, 11) is 0. The predicted octanol–water partition coefficient (Wildman–Crippen LogP) is 10.8. The van der Waals surface area contributed by atoms with Crippen LogP contribution in [0.5, 0.6) is 0 Å². The number of hydrogen-bond acceptors (Lipinski definition) is 1. The molecule has 0 bridgehead atoms. The van der Waals surface area contributed by atoms with Crippen molar-refractivity contribution in [2.45, 2.75) is 132 Å². The van der Waals surface area contributed by atoms with Crippen molar-refractivity contribution < 1.29 is 0 Å². The highest BCUT2D eigenvalue weighted by Crippen LogP contribution is 2.32. The molecule has 206 valence electrons. The fourth-order valence-electron chi connectivity index (χ4n) is 5.50. The zero-order chi connectivity index (χ0) is 26.9. The molecule has 0 aliphatic heterocycles. The van der Waals surface area contributed by atoms with E-state index in [9.17, 15) is 0 Å². The van der Waals surface area contributed by atoms with Crippen LogP contribution < -0.4 is 5.73 Å². The fourth-order valence-corrected chi connectivity index (χ4v) is 5.50. The smallest absolute Gasteiger partial charge is 0.0225 e. The van der Waals surface area contributed by atoms with Gasteiger partial charge in [0.25, 0.3) is 0 Å². The first-order valence-electron chi connectivity index (χ1n) is 15.2. The number of nitrogens with two attached hydrogens (primary N) is 1. The maximum absolute atomic E-state index is 5.86. The Bertz CT molecular complexity index is 719. The van der Waals surface area contributed by atoms with Gasteiger partial charge in [-0.3, -0.25) is 0 Å². The zero-order valence-corrected chi connectivity index (χ0v) is 25.2. The van der Waals surface area contributed by atoms with Crippen LogP contribution in [0.3, 0.4) is 0 Å². The molecule has 1 aliphatic carbocycles. The van der Waals surface area contributed by atoms with Gasteiger partial charge in [-0.2, -0.15) is 0 Å². The van der Waals surface area contributed by atoms with Crippen molar-refractivity contribution in [2.24, 2.45) is 35.3 Å². The van der Waals surface area contributed by atoms with Gasteiger partial charge in [-0.1, -0.05) is 132 Å². The minimum absolute atomic E-state index is 0.124. The molecule has 0 aromatic carbocycles. The molecule has 36 heavy (non-hydrogen) atoms. The first-order valence-corrected chi connectivity index (χ1v) is 15.2. The van der Waals surface area contributed by atoms with E-state index in [-0.39, 0.29) is 6.04 Å². The molecule has 2 N–H and O–H groups in total. The van der Waals surface area contributed by atoms with E-state index < -0.39 is 0 Å². The van der Waals surface area contributed by atoms with Crippen LogP contribution in [0.2, 0.25) is 0 Å². The van der Waals surface area contributed by atoms with Crippen LogP contribution in [0.25, 0.3) is 0 Å². The summed E-state index contributed by atoms with van der Waals surface area (Å²) in [5.74, 6) is 3.85. The molecule has 0 radical (unpaired) electrons. The molecule has 0 amide bonds. The normalized spacial score (nSPS) is 23.2. The van der Waals surface area contributed by atoms with E-state index in [1.165, 1.54) is 75.4 Å². The average Bonchev–Trinajstić information content (AvgIpc) is 2.82. The van der Waals surface area contributed by atoms with Crippen molar-refractivity contribution >= 4 is 0 Å². The molecule has 0 aromatic heterocycles. The lowest BCUT2D eigenvalue weighted by atomic mass is 9.80. The van der Waals surface area contributed by atoms with E-state index in [0.29, 0.717) is 17.8 Å². The maximum atomic E-state index is 5.86. The maximum Gasteiger partial charge on any atom is 0.0225 e. The Labute approximate surface area is 226 Å². The van der Waals surface area contributed by atoms with Crippen LogP contribution in [-0.2, 0) is 0 Å². The van der Waals surface area contributed by atoms with Gasteiger partial charge >= 0.3 is 0 Å². The Morgan fingerprint density at radius 1 is 0.917 bits per heavy atom. The van der Waals surface area contributed by atoms with Crippen LogP contribution in [-0.4, -0.2) is 6.04 Å². The van der Waals surface area contributed by atoms with Gasteiger partial charge in [0.2, 0.25) is 0 Å².